The number of amides is 1. The molecule has 94 valence electrons. The number of aliphatic hydroxyl groups is 1. The molecule has 0 spiro atoms. The smallest absolute Gasteiger partial charge is 0.224 e. The normalized spacial score (nSPS) is 10.3. The summed E-state index contributed by atoms with van der Waals surface area (Å²) in [5.41, 5.74) is 0.633. The molecule has 18 heavy (non-hydrogen) atoms. The van der Waals surface area contributed by atoms with Crippen molar-refractivity contribution in [3.63, 3.8) is 0 Å². The van der Waals surface area contributed by atoms with Crippen LogP contribution in [-0.4, -0.2) is 32.4 Å². The van der Waals surface area contributed by atoms with Crippen LogP contribution in [-0.2, 0) is 4.79 Å². The van der Waals surface area contributed by atoms with E-state index >= 15 is 0 Å². The number of nitrogens with one attached hydrogen (secondary N) is 1. The first-order chi connectivity index (χ1) is 8.79. The van der Waals surface area contributed by atoms with Crippen LogP contribution in [0.2, 0.25) is 0 Å². The maximum atomic E-state index is 11.4. The Bertz CT molecular complexity index is 493. The van der Waals surface area contributed by atoms with Crippen molar-refractivity contribution in [2.24, 2.45) is 0 Å². The van der Waals surface area contributed by atoms with E-state index in [4.69, 9.17) is 5.11 Å². The summed E-state index contributed by atoms with van der Waals surface area (Å²) in [7, 11) is 0. The first-order valence-corrected chi connectivity index (χ1v) is 5.66. The van der Waals surface area contributed by atoms with Crippen molar-refractivity contribution in [1.29, 1.82) is 0 Å². The first-order valence-electron chi connectivity index (χ1n) is 5.66. The van der Waals surface area contributed by atoms with Crippen molar-refractivity contribution < 1.29 is 9.90 Å². The molecule has 2 N–H and O–H groups in total. The Kier molecular flexibility index (Phi) is 4.03. The summed E-state index contributed by atoms with van der Waals surface area (Å²) >= 11 is 0. The summed E-state index contributed by atoms with van der Waals surface area (Å²) in [6, 6.07) is 5.35. The second-order valence-corrected chi connectivity index (χ2v) is 3.73. The Labute approximate surface area is 104 Å². The Morgan fingerprint density at radius 1 is 1.44 bits per heavy atom. The summed E-state index contributed by atoms with van der Waals surface area (Å²) < 4.78 is 1.64. The van der Waals surface area contributed by atoms with Gasteiger partial charge in [-0.15, -0.1) is 0 Å². The van der Waals surface area contributed by atoms with Crippen LogP contribution in [0.25, 0.3) is 5.82 Å². The highest BCUT2D eigenvalue weighted by molar-refractivity contribution is 5.90. The Morgan fingerprint density at radius 2 is 2.33 bits per heavy atom. The van der Waals surface area contributed by atoms with Gasteiger partial charge in [-0.3, -0.25) is 4.79 Å². The minimum Gasteiger partial charge on any atom is -0.396 e. The van der Waals surface area contributed by atoms with Crippen LogP contribution in [0.3, 0.4) is 0 Å². The number of rotatable bonds is 5. The molecule has 0 atom stereocenters. The summed E-state index contributed by atoms with van der Waals surface area (Å²) in [5, 5.41) is 15.4. The number of carbonyl (C=O) groups excluding carboxylic acids is 1. The molecule has 2 aromatic heterocycles. The highest BCUT2D eigenvalue weighted by Crippen LogP contribution is 2.09. The third-order valence-electron chi connectivity index (χ3n) is 2.33. The standard InChI is InChI=1S/C12H14N4O2/c17-8-1-3-12(18)15-10-4-5-11(13-9-10)16-7-2-6-14-16/h2,4-7,9,17H,1,3,8H2,(H,15,18). The maximum absolute atomic E-state index is 11.4. The van der Waals surface area contributed by atoms with E-state index in [1.807, 2.05) is 6.07 Å². The summed E-state index contributed by atoms with van der Waals surface area (Å²) in [4.78, 5) is 15.6. The van der Waals surface area contributed by atoms with Crippen molar-refractivity contribution in [3.05, 3.63) is 36.8 Å². The SMILES string of the molecule is O=C(CCCO)Nc1ccc(-n2cccn2)nc1. The zero-order valence-corrected chi connectivity index (χ0v) is 9.78. The molecule has 2 rings (SSSR count). The van der Waals surface area contributed by atoms with E-state index in [-0.39, 0.29) is 12.5 Å². The van der Waals surface area contributed by atoms with E-state index in [0.29, 0.717) is 24.3 Å². The van der Waals surface area contributed by atoms with Crippen molar-refractivity contribution in [2.45, 2.75) is 12.8 Å². The van der Waals surface area contributed by atoms with Gasteiger partial charge in [-0.1, -0.05) is 0 Å². The Morgan fingerprint density at radius 3 is 2.94 bits per heavy atom. The van der Waals surface area contributed by atoms with E-state index in [9.17, 15) is 4.79 Å². The van der Waals surface area contributed by atoms with Crippen molar-refractivity contribution in [2.75, 3.05) is 11.9 Å². The average Bonchev–Trinajstić information content (AvgIpc) is 2.91. The van der Waals surface area contributed by atoms with Gasteiger partial charge in [-0.05, 0) is 24.6 Å². The molecule has 0 radical (unpaired) electrons. The monoisotopic (exact) mass is 246 g/mol. The van der Waals surface area contributed by atoms with Crippen LogP contribution in [0.1, 0.15) is 12.8 Å². The van der Waals surface area contributed by atoms with E-state index in [1.165, 1.54) is 0 Å². The van der Waals surface area contributed by atoms with Gasteiger partial charge in [0.05, 0.1) is 11.9 Å². The van der Waals surface area contributed by atoms with Crippen molar-refractivity contribution in [3.8, 4) is 5.82 Å². The fourth-order valence-electron chi connectivity index (χ4n) is 1.46. The predicted octanol–water partition coefficient (Wildman–Crippen LogP) is 0.978. The molecule has 0 bridgehead atoms. The van der Waals surface area contributed by atoms with Gasteiger partial charge in [0.2, 0.25) is 5.91 Å². The molecule has 2 aromatic rings. The molecule has 1 amide bonds. The second-order valence-electron chi connectivity index (χ2n) is 3.73. The molecule has 0 fully saturated rings. The number of carbonyl (C=O) groups is 1. The molecule has 6 nitrogen and oxygen atoms in total. The number of aliphatic hydroxyl groups excluding tert-OH is 1. The molecule has 0 aliphatic carbocycles. The lowest BCUT2D eigenvalue weighted by molar-refractivity contribution is -0.116. The van der Waals surface area contributed by atoms with E-state index in [1.54, 1.807) is 35.4 Å². The van der Waals surface area contributed by atoms with E-state index in [2.05, 4.69) is 15.4 Å². The third kappa shape index (κ3) is 3.14. The molecule has 0 unspecified atom stereocenters. The zero-order valence-electron chi connectivity index (χ0n) is 9.78. The van der Waals surface area contributed by atoms with Gasteiger partial charge < -0.3 is 10.4 Å². The molecular weight excluding hydrogens is 232 g/mol. The molecular formula is C12H14N4O2. The minimum atomic E-state index is -0.127. The summed E-state index contributed by atoms with van der Waals surface area (Å²) in [6.45, 7) is 0.0178. The average molecular weight is 246 g/mol. The molecule has 0 aliphatic rings. The van der Waals surface area contributed by atoms with Crippen molar-refractivity contribution >= 4 is 11.6 Å². The van der Waals surface area contributed by atoms with Crippen molar-refractivity contribution in [1.82, 2.24) is 14.8 Å². The van der Waals surface area contributed by atoms with Crippen LogP contribution in [0, 0.1) is 0 Å². The Balaban J connectivity index is 1.98. The molecule has 0 saturated carbocycles. The summed E-state index contributed by atoms with van der Waals surface area (Å²) in [6.07, 6.45) is 5.81. The van der Waals surface area contributed by atoms with Gasteiger partial charge in [-0.2, -0.15) is 5.10 Å². The molecule has 0 saturated heterocycles. The first kappa shape index (κ1) is 12.3. The number of pyridine rings is 1. The molecule has 2 heterocycles. The van der Waals surface area contributed by atoms with Gasteiger partial charge in [0.25, 0.3) is 0 Å². The maximum Gasteiger partial charge on any atom is 0.224 e. The lowest BCUT2D eigenvalue weighted by atomic mass is 10.3. The number of hydrogen-bond acceptors (Lipinski definition) is 4. The van der Waals surface area contributed by atoms with Crippen LogP contribution in [0.15, 0.2) is 36.8 Å². The van der Waals surface area contributed by atoms with Gasteiger partial charge in [0.1, 0.15) is 0 Å². The largest absolute Gasteiger partial charge is 0.396 e. The quantitative estimate of drug-likeness (QED) is 0.824. The van der Waals surface area contributed by atoms with E-state index < -0.39 is 0 Å². The van der Waals surface area contributed by atoms with Gasteiger partial charge in [-0.25, -0.2) is 9.67 Å². The van der Waals surface area contributed by atoms with Gasteiger partial charge in [0.15, 0.2) is 5.82 Å². The van der Waals surface area contributed by atoms with E-state index in [0.717, 1.165) is 0 Å². The zero-order chi connectivity index (χ0) is 12.8. The Hall–Kier alpha value is -2.21. The topological polar surface area (TPSA) is 80.0 Å². The highest BCUT2D eigenvalue weighted by atomic mass is 16.3. The number of aromatic nitrogens is 3. The number of anilines is 1. The summed E-state index contributed by atoms with van der Waals surface area (Å²) in [5.74, 6) is 0.561. The van der Waals surface area contributed by atoms with Gasteiger partial charge >= 0.3 is 0 Å². The second kappa shape index (κ2) is 5.92. The lowest BCUT2D eigenvalue weighted by Crippen LogP contribution is -2.12. The highest BCUT2D eigenvalue weighted by Gasteiger charge is 2.03. The fourth-order valence-corrected chi connectivity index (χ4v) is 1.46. The lowest BCUT2D eigenvalue weighted by Gasteiger charge is -2.05. The van der Waals surface area contributed by atoms with Crippen LogP contribution in [0.4, 0.5) is 5.69 Å². The van der Waals surface area contributed by atoms with Crippen LogP contribution < -0.4 is 5.32 Å². The van der Waals surface area contributed by atoms with Crippen LogP contribution >= 0.6 is 0 Å². The minimum absolute atomic E-state index is 0.0178. The third-order valence-corrected chi connectivity index (χ3v) is 2.33. The molecule has 0 aliphatic heterocycles. The predicted molar refractivity (Wildman–Crippen MR) is 66.3 cm³/mol. The number of hydrogen-bond donors (Lipinski definition) is 2. The van der Waals surface area contributed by atoms with Gasteiger partial charge in [0, 0.05) is 25.4 Å². The fraction of sp³-hybridized carbons (Fsp3) is 0.250. The molecule has 0 aromatic carbocycles. The van der Waals surface area contributed by atoms with Crippen LogP contribution in [0.5, 0.6) is 0 Å². The number of nitrogens with zero attached hydrogens (tertiary/aromatic N) is 3. The molecule has 6 heteroatoms.